The van der Waals surface area contributed by atoms with Gasteiger partial charge in [0.1, 0.15) is 5.78 Å². The Balaban J connectivity index is 2.37. The van der Waals surface area contributed by atoms with Crippen LogP contribution in [-0.4, -0.2) is 5.78 Å². The summed E-state index contributed by atoms with van der Waals surface area (Å²) in [6.07, 6.45) is 6.55. The van der Waals surface area contributed by atoms with Crippen LogP contribution in [0.4, 0.5) is 0 Å². The molecule has 1 saturated carbocycles. The second-order valence-corrected chi connectivity index (χ2v) is 4.26. The van der Waals surface area contributed by atoms with Crippen LogP contribution >= 0.6 is 0 Å². The average molecular weight is 164 g/mol. The van der Waals surface area contributed by atoms with Crippen molar-refractivity contribution in [2.24, 2.45) is 11.3 Å². The van der Waals surface area contributed by atoms with Crippen molar-refractivity contribution in [1.82, 2.24) is 0 Å². The van der Waals surface area contributed by atoms with Gasteiger partial charge in [0, 0.05) is 6.42 Å². The molecule has 0 aromatic carbocycles. The van der Waals surface area contributed by atoms with E-state index in [1.165, 1.54) is 18.4 Å². The Morgan fingerprint density at radius 2 is 2.33 bits per heavy atom. The molecular formula is C11H16O. The molecule has 1 heteroatoms. The lowest BCUT2D eigenvalue weighted by atomic mass is 9.54. The van der Waals surface area contributed by atoms with E-state index < -0.39 is 0 Å². The lowest BCUT2D eigenvalue weighted by molar-refractivity contribution is -0.139. The molecule has 66 valence electrons. The first-order valence-corrected chi connectivity index (χ1v) is 4.88. The Morgan fingerprint density at radius 3 is 2.67 bits per heavy atom. The van der Waals surface area contributed by atoms with E-state index in [0.29, 0.717) is 11.7 Å². The zero-order chi connectivity index (χ0) is 8.77. The Morgan fingerprint density at radius 1 is 1.58 bits per heavy atom. The van der Waals surface area contributed by atoms with Crippen molar-refractivity contribution in [3.63, 3.8) is 0 Å². The lowest BCUT2D eigenvalue weighted by Crippen LogP contribution is -2.48. The summed E-state index contributed by atoms with van der Waals surface area (Å²) in [5, 5.41) is 0. The maximum atomic E-state index is 11.6. The predicted octanol–water partition coefficient (Wildman–Crippen LogP) is 2.71. The van der Waals surface area contributed by atoms with E-state index in [0.717, 1.165) is 12.8 Å². The first kappa shape index (κ1) is 8.03. The van der Waals surface area contributed by atoms with E-state index in [1.807, 2.05) is 0 Å². The van der Waals surface area contributed by atoms with Gasteiger partial charge in [0.2, 0.25) is 0 Å². The molecule has 0 radical (unpaired) electrons. The number of ketones is 1. The molecule has 2 unspecified atom stereocenters. The minimum Gasteiger partial charge on any atom is -0.299 e. The summed E-state index contributed by atoms with van der Waals surface area (Å²) >= 11 is 0. The van der Waals surface area contributed by atoms with Crippen LogP contribution in [0.15, 0.2) is 11.6 Å². The molecule has 2 aliphatic carbocycles. The number of hydrogen-bond donors (Lipinski definition) is 0. The third-order valence-corrected chi connectivity index (χ3v) is 3.84. The van der Waals surface area contributed by atoms with Gasteiger partial charge in [-0.2, -0.15) is 0 Å². The number of Topliss-reactive ketones (excluding diaryl/α,β-unsaturated/α-hetero) is 1. The van der Waals surface area contributed by atoms with E-state index in [2.05, 4.69) is 19.9 Å². The monoisotopic (exact) mass is 164 g/mol. The van der Waals surface area contributed by atoms with Gasteiger partial charge in [-0.05, 0) is 32.1 Å². The first-order chi connectivity index (χ1) is 5.68. The summed E-state index contributed by atoms with van der Waals surface area (Å²) in [7, 11) is 0. The Hall–Kier alpha value is -0.590. The fraction of sp³-hybridized carbons (Fsp3) is 0.727. The fourth-order valence-corrected chi connectivity index (χ4v) is 2.80. The van der Waals surface area contributed by atoms with Crippen molar-refractivity contribution in [3.05, 3.63) is 11.6 Å². The summed E-state index contributed by atoms with van der Waals surface area (Å²) in [5.41, 5.74) is 1.34. The van der Waals surface area contributed by atoms with Gasteiger partial charge in [-0.3, -0.25) is 4.79 Å². The second kappa shape index (κ2) is 2.45. The Bertz CT molecular complexity index is 252. The molecule has 2 rings (SSSR count). The van der Waals surface area contributed by atoms with Gasteiger partial charge >= 0.3 is 0 Å². The van der Waals surface area contributed by atoms with Crippen LogP contribution in [0.3, 0.4) is 0 Å². The molecular weight excluding hydrogens is 148 g/mol. The van der Waals surface area contributed by atoms with Crippen molar-refractivity contribution >= 4 is 5.78 Å². The van der Waals surface area contributed by atoms with E-state index in [9.17, 15) is 4.79 Å². The molecule has 0 aromatic rings. The minimum atomic E-state index is -0.00174. The summed E-state index contributed by atoms with van der Waals surface area (Å²) in [6.45, 7) is 4.36. The normalized spacial score (nSPS) is 41.0. The molecule has 2 atom stereocenters. The van der Waals surface area contributed by atoms with Crippen molar-refractivity contribution in [3.8, 4) is 0 Å². The molecule has 0 heterocycles. The van der Waals surface area contributed by atoms with Crippen LogP contribution < -0.4 is 0 Å². The van der Waals surface area contributed by atoms with Gasteiger partial charge < -0.3 is 0 Å². The number of rotatable bonds is 0. The van der Waals surface area contributed by atoms with Crippen molar-refractivity contribution in [2.45, 2.75) is 39.5 Å². The zero-order valence-electron chi connectivity index (χ0n) is 7.89. The quantitative estimate of drug-likeness (QED) is 0.503. The van der Waals surface area contributed by atoms with E-state index in [1.54, 1.807) is 0 Å². The standard InChI is InChI=1S/C11H16O/c1-8-4-3-5-9(2)11(8)7-6-10(11)12/h4,9H,3,5-7H2,1-2H3. The predicted molar refractivity (Wildman–Crippen MR) is 48.8 cm³/mol. The van der Waals surface area contributed by atoms with Gasteiger partial charge in [-0.15, -0.1) is 0 Å². The molecule has 2 aliphatic rings. The smallest absolute Gasteiger partial charge is 0.143 e. The minimum absolute atomic E-state index is 0.00174. The molecule has 1 nitrogen and oxygen atoms in total. The molecule has 0 amide bonds. The molecule has 1 spiro atoms. The highest BCUT2D eigenvalue weighted by molar-refractivity contribution is 5.93. The summed E-state index contributed by atoms with van der Waals surface area (Å²) in [5.74, 6) is 1.08. The number of hydrogen-bond acceptors (Lipinski definition) is 1. The number of carbonyl (C=O) groups excluding carboxylic acids is 1. The molecule has 0 aliphatic heterocycles. The van der Waals surface area contributed by atoms with Gasteiger partial charge in [-0.25, -0.2) is 0 Å². The Labute approximate surface area is 73.8 Å². The maximum absolute atomic E-state index is 11.6. The summed E-state index contributed by atoms with van der Waals surface area (Å²) in [4.78, 5) is 11.6. The van der Waals surface area contributed by atoms with Crippen LogP contribution in [0.5, 0.6) is 0 Å². The highest BCUT2D eigenvalue weighted by Crippen LogP contribution is 2.53. The van der Waals surface area contributed by atoms with E-state index in [-0.39, 0.29) is 5.41 Å². The third-order valence-electron chi connectivity index (χ3n) is 3.84. The van der Waals surface area contributed by atoms with Crippen molar-refractivity contribution in [1.29, 1.82) is 0 Å². The molecule has 0 saturated heterocycles. The molecule has 12 heavy (non-hydrogen) atoms. The molecule has 0 N–H and O–H groups in total. The van der Waals surface area contributed by atoms with E-state index >= 15 is 0 Å². The Kier molecular flexibility index (Phi) is 1.64. The largest absolute Gasteiger partial charge is 0.299 e. The van der Waals surface area contributed by atoms with Crippen LogP contribution in [0, 0.1) is 11.3 Å². The number of allylic oxidation sites excluding steroid dienone is 2. The van der Waals surface area contributed by atoms with Gasteiger partial charge in [0.15, 0.2) is 0 Å². The summed E-state index contributed by atoms with van der Waals surface area (Å²) < 4.78 is 0. The van der Waals surface area contributed by atoms with Gasteiger partial charge in [0.25, 0.3) is 0 Å². The fourth-order valence-electron chi connectivity index (χ4n) is 2.80. The van der Waals surface area contributed by atoms with Gasteiger partial charge in [-0.1, -0.05) is 18.6 Å². The highest BCUT2D eigenvalue weighted by Gasteiger charge is 2.51. The second-order valence-electron chi connectivity index (χ2n) is 4.26. The van der Waals surface area contributed by atoms with Crippen LogP contribution in [-0.2, 0) is 4.79 Å². The lowest BCUT2D eigenvalue weighted by Gasteiger charge is -2.48. The topological polar surface area (TPSA) is 17.1 Å². The van der Waals surface area contributed by atoms with E-state index in [4.69, 9.17) is 0 Å². The van der Waals surface area contributed by atoms with Crippen LogP contribution in [0.2, 0.25) is 0 Å². The third kappa shape index (κ3) is 0.769. The number of carbonyl (C=O) groups is 1. The molecule has 1 fully saturated rings. The van der Waals surface area contributed by atoms with Crippen molar-refractivity contribution < 1.29 is 4.79 Å². The molecule has 0 bridgehead atoms. The highest BCUT2D eigenvalue weighted by atomic mass is 16.1. The van der Waals surface area contributed by atoms with Crippen molar-refractivity contribution in [2.75, 3.05) is 0 Å². The first-order valence-electron chi connectivity index (χ1n) is 4.88. The maximum Gasteiger partial charge on any atom is 0.143 e. The van der Waals surface area contributed by atoms with Crippen LogP contribution in [0.1, 0.15) is 39.5 Å². The molecule has 0 aromatic heterocycles. The zero-order valence-corrected chi connectivity index (χ0v) is 7.89. The van der Waals surface area contributed by atoms with Crippen LogP contribution in [0.25, 0.3) is 0 Å². The SMILES string of the molecule is CC1=CCCC(C)C12CCC2=O. The summed E-state index contributed by atoms with van der Waals surface area (Å²) in [6, 6.07) is 0. The average Bonchev–Trinajstić information content (AvgIpc) is 2.02. The van der Waals surface area contributed by atoms with Gasteiger partial charge in [0.05, 0.1) is 5.41 Å².